The number of carbonyl (C=O) groups is 1. The smallest absolute Gasteiger partial charge is 0.259 e. The van der Waals surface area contributed by atoms with Crippen molar-refractivity contribution < 1.29 is 9.53 Å². The van der Waals surface area contributed by atoms with Gasteiger partial charge in [-0.1, -0.05) is 51.1 Å². The number of amides is 1. The molecule has 1 aliphatic rings. The molecule has 5 heteroatoms. The van der Waals surface area contributed by atoms with Gasteiger partial charge >= 0.3 is 0 Å². The Labute approximate surface area is 207 Å². The second-order valence-electron chi connectivity index (χ2n) is 10.3. The van der Waals surface area contributed by atoms with Crippen molar-refractivity contribution in [1.29, 1.82) is 0 Å². The molecule has 4 rings (SSSR count). The summed E-state index contributed by atoms with van der Waals surface area (Å²) in [5, 5.41) is 3.85. The minimum atomic E-state index is -0.0863. The summed E-state index contributed by atoms with van der Waals surface area (Å²) in [5.41, 5.74) is 3.82. The molecule has 0 radical (unpaired) electrons. The Balaban J connectivity index is 1.71. The maximum Gasteiger partial charge on any atom is 0.259 e. The summed E-state index contributed by atoms with van der Waals surface area (Å²) < 4.78 is 5.96. The Hall–Kier alpha value is -2.92. The van der Waals surface area contributed by atoms with Crippen molar-refractivity contribution in [3.8, 4) is 5.75 Å². The minimum absolute atomic E-state index is 0.0742. The van der Waals surface area contributed by atoms with Gasteiger partial charge in [0.2, 0.25) is 0 Å². The molecule has 0 fully saturated rings. The third-order valence-electron chi connectivity index (χ3n) is 6.33. The molecule has 0 saturated carbocycles. The van der Waals surface area contributed by atoms with Crippen LogP contribution in [0, 0.1) is 11.3 Å². The van der Waals surface area contributed by atoms with E-state index in [9.17, 15) is 4.79 Å². The number of thiophene rings is 1. The van der Waals surface area contributed by atoms with Crippen LogP contribution in [0.4, 0.5) is 10.7 Å². The summed E-state index contributed by atoms with van der Waals surface area (Å²) in [4.78, 5) is 19.6. The number of para-hydroxylation sites is 2. The fourth-order valence-corrected chi connectivity index (χ4v) is 5.70. The number of fused-ring (bicyclic) bond motifs is 1. The van der Waals surface area contributed by atoms with Gasteiger partial charge in [0.25, 0.3) is 5.91 Å². The summed E-state index contributed by atoms with van der Waals surface area (Å²) in [6.45, 7) is 11.0. The van der Waals surface area contributed by atoms with Crippen LogP contribution in [0.15, 0.2) is 59.6 Å². The molecule has 4 nitrogen and oxygen atoms in total. The first-order chi connectivity index (χ1) is 16.2. The lowest BCUT2D eigenvalue weighted by atomic mass is 9.72. The van der Waals surface area contributed by atoms with Gasteiger partial charge in [-0.3, -0.25) is 4.79 Å². The standard InChI is InChI=1S/C29H34N2O2S/c1-19(2)33-24-14-10-9-11-20(24)18-30-28-26(27(32)31-22-12-7-6-8-13-22)23-16-15-21(29(3,4)5)17-25(23)34-28/h6-14,18-19,21H,15-17H2,1-5H3,(H,31,32)/t21-/m0/s1. The van der Waals surface area contributed by atoms with E-state index in [0.717, 1.165) is 52.4 Å². The number of rotatable bonds is 6. The first-order valence-electron chi connectivity index (χ1n) is 12.0. The molecular formula is C29H34N2O2S. The van der Waals surface area contributed by atoms with E-state index >= 15 is 0 Å². The Bertz CT molecular complexity index is 1170. The maximum atomic E-state index is 13.5. The molecule has 0 unspecified atom stereocenters. The molecule has 1 atom stereocenters. The molecule has 178 valence electrons. The van der Waals surface area contributed by atoms with Crippen LogP contribution in [0.25, 0.3) is 0 Å². The van der Waals surface area contributed by atoms with Gasteiger partial charge in [-0.2, -0.15) is 0 Å². The van der Waals surface area contributed by atoms with Gasteiger partial charge in [-0.25, -0.2) is 4.99 Å². The molecule has 1 heterocycles. The van der Waals surface area contributed by atoms with Crippen molar-refractivity contribution in [2.75, 3.05) is 5.32 Å². The Morgan fingerprint density at radius 1 is 1.12 bits per heavy atom. The lowest BCUT2D eigenvalue weighted by Gasteiger charge is -2.33. The van der Waals surface area contributed by atoms with E-state index in [1.807, 2.05) is 74.7 Å². The number of nitrogens with one attached hydrogen (secondary N) is 1. The molecular weight excluding hydrogens is 440 g/mol. The van der Waals surface area contributed by atoms with Crippen molar-refractivity contribution in [3.05, 3.63) is 76.2 Å². The lowest BCUT2D eigenvalue weighted by Crippen LogP contribution is -2.27. The largest absolute Gasteiger partial charge is 0.490 e. The highest BCUT2D eigenvalue weighted by atomic mass is 32.1. The highest BCUT2D eigenvalue weighted by Gasteiger charge is 2.33. The Morgan fingerprint density at radius 2 is 1.82 bits per heavy atom. The zero-order valence-corrected chi connectivity index (χ0v) is 21.5. The molecule has 1 aliphatic carbocycles. The van der Waals surface area contributed by atoms with Gasteiger partial charge in [-0.05, 0) is 74.3 Å². The summed E-state index contributed by atoms with van der Waals surface area (Å²) in [6, 6.07) is 17.5. The predicted octanol–water partition coefficient (Wildman–Crippen LogP) is 7.69. The number of anilines is 1. The predicted molar refractivity (Wildman–Crippen MR) is 143 cm³/mol. The third-order valence-corrected chi connectivity index (χ3v) is 7.50. The average Bonchev–Trinajstić information content (AvgIpc) is 3.16. The molecule has 0 saturated heterocycles. The second kappa shape index (κ2) is 10.1. The van der Waals surface area contributed by atoms with Crippen LogP contribution in [0.2, 0.25) is 0 Å². The number of carbonyl (C=O) groups excluding carboxylic acids is 1. The van der Waals surface area contributed by atoms with Crippen LogP contribution in [-0.2, 0) is 12.8 Å². The van der Waals surface area contributed by atoms with Gasteiger partial charge < -0.3 is 10.1 Å². The third kappa shape index (κ3) is 5.58. The summed E-state index contributed by atoms with van der Waals surface area (Å²) >= 11 is 1.66. The number of hydrogen-bond donors (Lipinski definition) is 1. The van der Waals surface area contributed by atoms with Gasteiger partial charge in [-0.15, -0.1) is 11.3 Å². The minimum Gasteiger partial charge on any atom is -0.490 e. The topological polar surface area (TPSA) is 50.7 Å². The van der Waals surface area contributed by atoms with Gasteiger partial charge in [0.05, 0.1) is 11.7 Å². The highest BCUT2D eigenvalue weighted by molar-refractivity contribution is 7.16. The normalized spacial score (nSPS) is 16.0. The second-order valence-corrected chi connectivity index (χ2v) is 11.4. The van der Waals surface area contributed by atoms with Crippen molar-refractivity contribution >= 4 is 34.1 Å². The van der Waals surface area contributed by atoms with Gasteiger partial charge in [0, 0.05) is 22.3 Å². The van der Waals surface area contributed by atoms with Crippen molar-refractivity contribution in [2.45, 2.75) is 60.0 Å². The molecule has 2 aromatic carbocycles. The highest BCUT2D eigenvalue weighted by Crippen LogP contribution is 2.45. The van der Waals surface area contributed by atoms with E-state index < -0.39 is 0 Å². The van der Waals surface area contributed by atoms with Crippen LogP contribution >= 0.6 is 11.3 Å². The molecule has 34 heavy (non-hydrogen) atoms. The zero-order valence-electron chi connectivity index (χ0n) is 20.7. The van der Waals surface area contributed by atoms with E-state index in [0.29, 0.717) is 5.92 Å². The average molecular weight is 475 g/mol. The molecule has 1 amide bonds. The molecule has 0 aliphatic heterocycles. The quantitative estimate of drug-likeness (QED) is 0.372. The summed E-state index contributed by atoms with van der Waals surface area (Å²) in [7, 11) is 0. The fraction of sp³-hybridized carbons (Fsp3) is 0.379. The van der Waals surface area contributed by atoms with E-state index in [2.05, 4.69) is 26.1 Å². The number of hydrogen-bond acceptors (Lipinski definition) is 4. The van der Waals surface area contributed by atoms with Gasteiger partial charge in [0.15, 0.2) is 0 Å². The molecule has 0 spiro atoms. The van der Waals surface area contributed by atoms with E-state index in [4.69, 9.17) is 9.73 Å². The molecule has 0 bridgehead atoms. The number of benzene rings is 2. The van der Waals surface area contributed by atoms with Gasteiger partial charge in [0.1, 0.15) is 10.8 Å². The number of aliphatic imine (C=N–C) groups is 1. The number of ether oxygens (including phenoxy) is 1. The van der Waals surface area contributed by atoms with Crippen molar-refractivity contribution in [3.63, 3.8) is 0 Å². The van der Waals surface area contributed by atoms with Crippen LogP contribution in [0.1, 0.15) is 67.4 Å². The van der Waals surface area contributed by atoms with Crippen molar-refractivity contribution in [1.82, 2.24) is 0 Å². The number of nitrogens with zero attached hydrogens (tertiary/aromatic N) is 1. The molecule has 1 aromatic heterocycles. The first kappa shape index (κ1) is 24.2. The zero-order chi connectivity index (χ0) is 24.3. The van der Waals surface area contributed by atoms with Crippen molar-refractivity contribution in [2.24, 2.45) is 16.3 Å². The molecule has 1 N–H and O–H groups in total. The SMILES string of the molecule is CC(C)Oc1ccccc1C=Nc1sc2c(c1C(=O)Nc1ccccc1)CC[C@H](C(C)(C)C)C2. The Morgan fingerprint density at radius 3 is 2.53 bits per heavy atom. The lowest BCUT2D eigenvalue weighted by molar-refractivity contribution is 0.102. The Kier molecular flexibility index (Phi) is 7.22. The monoisotopic (exact) mass is 474 g/mol. The summed E-state index contributed by atoms with van der Waals surface area (Å²) in [5.74, 6) is 1.31. The van der Waals surface area contributed by atoms with Crippen LogP contribution in [0.3, 0.4) is 0 Å². The van der Waals surface area contributed by atoms with Crippen LogP contribution in [0.5, 0.6) is 5.75 Å². The van der Waals surface area contributed by atoms with E-state index in [1.165, 1.54) is 4.88 Å². The molecule has 3 aromatic rings. The van der Waals surface area contributed by atoms with Crippen LogP contribution in [-0.4, -0.2) is 18.2 Å². The summed E-state index contributed by atoms with van der Waals surface area (Å²) in [6.07, 6.45) is 4.90. The first-order valence-corrected chi connectivity index (χ1v) is 12.8. The van der Waals surface area contributed by atoms with Crippen LogP contribution < -0.4 is 10.1 Å². The van der Waals surface area contributed by atoms with E-state index in [-0.39, 0.29) is 17.4 Å². The fourth-order valence-electron chi connectivity index (χ4n) is 4.43. The maximum absolute atomic E-state index is 13.5. The van der Waals surface area contributed by atoms with E-state index in [1.54, 1.807) is 11.3 Å².